The van der Waals surface area contributed by atoms with Crippen LogP contribution in [0.1, 0.15) is 0 Å². The zero-order valence-electron chi connectivity index (χ0n) is 19.3. The van der Waals surface area contributed by atoms with E-state index in [1.807, 2.05) is 24.3 Å². The smallest absolute Gasteiger partial charge is 0.333 e. The van der Waals surface area contributed by atoms with Gasteiger partial charge in [0.1, 0.15) is 18.1 Å². The van der Waals surface area contributed by atoms with Crippen molar-refractivity contribution in [2.24, 2.45) is 7.05 Å². The van der Waals surface area contributed by atoms with Crippen molar-refractivity contribution in [1.29, 1.82) is 0 Å². The summed E-state index contributed by atoms with van der Waals surface area (Å²) < 4.78 is 13.4. The lowest BCUT2D eigenvalue weighted by Gasteiger charge is -2.10. The molecule has 0 radical (unpaired) electrons. The Bertz CT molecular complexity index is 1620. The van der Waals surface area contributed by atoms with Crippen LogP contribution < -0.4 is 15.7 Å². The number of ether oxygens (including phenoxy) is 2. The Kier molecular flexibility index (Phi) is 5.71. The lowest BCUT2D eigenvalue weighted by molar-refractivity contribution is -0.119. The summed E-state index contributed by atoms with van der Waals surface area (Å²) in [7, 11) is 4.69. The summed E-state index contributed by atoms with van der Waals surface area (Å²) in [6, 6.07) is 13.0. The number of hydrogen-bond donors (Lipinski definition) is 1. The van der Waals surface area contributed by atoms with E-state index in [1.165, 1.54) is 14.2 Å². The van der Waals surface area contributed by atoms with E-state index >= 15 is 0 Å². The van der Waals surface area contributed by atoms with E-state index in [1.54, 1.807) is 53.0 Å². The second kappa shape index (κ2) is 8.99. The molecule has 1 N–H and O–H groups in total. The highest BCUT2D eigenvalue weighted by Crippen LogP contribution is 2.31. The number of amides is 1. The molecule has 0 aliphatic carbocycles. The number of imidazole rings is 1. The second-order valence-corrected chi connectivity index (χ2v) is 7.85. The summed E-state index contributed by atoms with van der Waals surface area (Å²) in [5.41, 5.74) is 4.16. The quantitative estimate of drug-likeness (QED) is 0.406. The number of aromatic nitrogens is 5. The predicted molar refractivity (Wildman–Crippen MR) is 132 cm³/mol. The summed E-state index contributed by atoms with van der Waals surface area (Å²) in [5.74, 6) is 0.500. The molecule has 0 atom stereocenters. The number of nitrogens with one attached hydrogen (secondary N) is 1. The minimum absolute atomic E-state index is 0.0440. The average Bonchev–Trinajstić information content (AvgIpc) is 3.14. The van der Waals surface area contributed by atoms with Crippen LogP contribution in [-0.4, -0.2) is 50.8 Å². The number of aryl methyl sites for hydroxylation is 1. The summed E-state index contributed by atoms with van der Waals surface area (Å²) >= 11 is 0. The highest BCUT2D eigenvalue weighted by molar-refractivity contribution is 6.04. The largest absolute Gasteiger partial charge is 0.479 e. The first-order valence-corrected chi connectivity index (χ1v) is 10.8. The van der Waals surface area contributed by atoms with Crippen molar-refractivity contribution >= 4 is 33.7 Å². The molecule has 4 aromatic heterocycles. The number of carbonyl (C=O) groups is 1. The third kappa shape index (κ3) is 3.89. The monoisotopic (exact) mass is 470 g/mol. The maximum atomic E-state index is 13.3. The summed E-state index contributed by atoms with van der Waals surface area (Å²) in [6.07, 6.45) is 4.99. The summed E-state index contributed by atoms with van der Waals surface area (Å²) in [6.45, 7) is -0.0440. The van der Waals surface area contributed by atoms with Crippen molar-refractivity contribution in [2.75, 3.05) is 26.1 Å². The van der Waals surface area contributed by atoms with Crippen molar-refractivity contribution in [1.82, 2.24) is 24.1 Å². The molecule has 0 aliphatic rings. The predicted octanol–water partition coefficient (Wildman–Crippen LogP) is 2.93. The van der Waals surface area contributed by atoms with Crippen LogP contribution in [-0.2, 0) is 16.6 Å². The van der Waals surface area contributed by atoms with Gasteiger partial charge in [0.2, 0.25) is 5.88 Å². The maximum Gasteiger partial charge on any atom is 0.333 e. The molecule has 0 saturated heterocycles. The van der Waals surface area contributed by atoms with E-state index in [4.69, 9.17) is 9.47 Å². The minimum Gasteiger partial charge on any atom is -0.479 e. The molecular formula is C25H22N6O4. The molecule has 10 heteroatoms. The number of anilines is 1. The van der Waals surface area contributed by atoms with Crippen LogP contribution in [0.3, 0.4) is 0 Å². The third-order valence-corrected chi connectivity index (χ3v) is 5.71. The van der Waals surface area contributed by atoms with Crippen LogP contribution in [0.5, 0.6) is 5.88 Å². The molecule has 5 rings (SSSR count). The van der Waals surface area contributed by atoms with Gasteiger partial charge >= 0.3 is 5.69 Å². The Morgan fingerprint density at radius 1 is 1.03 bits per heavy atom. The van der Waals surface area contributed by atoms with Gasteiger partial charge in [0.15, 0.2) is 0 Å². The van der Waals surface area contributed by atoms with E-state index in [2.05, 4.69) is 20.3 Å². The fourth-order valence-corrected chi connectivity index (χ4v) is 4.06. The van der Waals surface area contributed by atoms with Crippen molar-refractivity contribution in [2.45, 2.75) is 0 Å². The maximum absolute atomic E-state index is 13.3. The lowest BCUT2D eigenvalue weighted by atomic mass is 10.0. The van der Waals surface area contributed by atoms with Gasteiger partial charge in [0, 0.05) is 37.5 Å². The van der Waals surface area contributed by atoms with Crippen LogP contribution in [0.15, 0.2) is 65.8 Å². The van der Waals surface area contributed by atoms with Gasteiger partial charge in [0.05, 0.1) is 29.9 Å². The number of hydrogen-bond acceptors (Lipinski definition) is 7. The molecule has 0 spiro atoms. The van der Waals surface area contributed by atoms with Gasteiger partial charge in [-0.05, 0) is 42.0 Å². The number of methoxy groups -OCH3 is 2. The number of benzene rings is 1. The number of rotatable bonds is 6. The summed E-state index contributed by atoms with van der Waals surface area (Å²) in [4.78, 5) is 38.2. The number of carbonyl (C=O) groups excluding carboxylic acids is 1. The minimum atomic E-state index is -0.278. The van der Waals surface area contributed by atoms with E-state index < -0.39 is 0 Å². The lowest BCUT2D eigenvalue weighted by Crippen LogP contribution is -2.21. The highest BCUT2D eigenvalue weighted by Gasteiger charge is 2.19. The first-order valence-electron chi connectivity index (χ1n) is 10.8. The number of nitrogens with zero attached hydrogens (tertiary/aromatic N) is 5. The van der Waals surface area contributed by atoms with Crippen molar-refractivity contribution < 1.29 is 14.3 Å². The van der Waals surface area contributed by atoms with Gasteiger partial charge in [0.25, 0.3) is 5.91 Å². The van der Waals surface area contributed by atoms with Gasteiger partial charge in [-0.25, -0.2) is 14.8 Å². The van der Waals surface area contributed by atoms with Crippen LogP contribution in [0, 0.1) is 0 Å². The molecule has 0 saturated carbocycles. The zero-order valence-corrected chi connectivity index (χ0v) is 19.3. The Hall–Kier alpha value is -4.57. The van der Waals surface area contributed by atoms with E-state index in [-0.39, 0.29) is 18.2 Å². The van der Waals surface area contributed by atoms with Crippen LogP contribution in [0.25, 0.3) is 38.8 Å². The van der Waals surface area contributed by atoms with E-state index in [9.17, 15) is 9.59 Å². The molecule has 4 heterocycles. The van der Waals surface area contributed by atoms with Gasteiger partial charge in [-0.3, -0.25) is 18.9 Å². The Balaban J connectivity index is 1.67. The molecule has 0 unspecified atom stereocenters. The molecule has 1 aromatic carbocycles. The Morgan fingerprint density at radius 2 is 1.86 bits per heavy atom. The second-order valence-electron chi connectivity index (χ2n) is 7.85. The molecule has 5 aromatic rings. The average molecular weight is 470 g/mol. The normalized spacial score (nSPS) is 11.2. The number of pyridine rings is 3. The molecule has 0 aliphatic heterocycles. The van der Waals surface area contributed by atoms with Crippen LogP contribution in [0.4, 0.5) is 5.82 Å². The third-order valence-electron chi connectivity index (χ3n) is 5.71. The highest BCUT2D eigenvalue weighted by atomic mass is 16.5. The molecule has 0 bridgehead atoms. The molecule has 1 amide bonds. The van der Waals surface area contributed by atoms with Crippen LogP contribution in [0.2, 0.25) is 0 Å². The fraction of sp³-hybridized carbons (Fsp3) is 0.160. The molecular weight excluding hydrogens is 448 g/mol. The summed E-state index contributed by atoms with van der Waals surface area (Å²) in [5, 5.41) is 3.47. The topological polar surface area (TPSA) is 113 Å². The van der Waals surface area contributed by atoms with Crippen LogP contribution >= 0.6 is 0 Å². The molecule has 176 valence electrons. The van der Waals surface area contributed by atoms with Crippen molar-refractivity contribution in [3.05, 3.63) is 71.5 Å². The Labute approximate surface area is 199 Å². The molecule has 0 fully saturated rings. The standard InChI is InChI=1S/C25H22N6O4/c1-30-20-13-27-18-8-6-15(16-7-9-21(28-12-16)29-22(32)14-34-2)11-17(18)23(20)31(25(30)33)19-5-4-10-26-24(19)35-3/h4-13H,14H2,1-3H3,(H,28,29,32). The number of fused-ring (bicyclic) bond motifs is 3. The van der Waals surface area contributed by atoms with E-state index in [0.717, 1.165) is 22.0 Å². The van der Waals surface area contributed by atoms with Gasteiger partial charge in [-0.2, -0.15) is 0 Å². The molecule has 35 heavy (non-hydrogen) atoms. The van der Waals surface area contributed by atoms with Gasteiger partial charge in [-0.15, -0.1) is 0 Å². The van der Waals surface area contributed by atoms with Gasteiger partial charge < -0.3 is 14.8 Å². The first-order chi connectivity index (χ1) is 17.0. The van der Waals surface area contributed by atoms with Crippen molar-refractivity contribution in [3.63, 3.8) is 0 Å². The van der Waals surface area contributed by atoms with Gasteiger partial charge in [-0.1, -0.05) is 6.07 Å². The Morgan fingerprint density at radius 3 is 2.60 bits per heavy atom. The SMILES string of the molecule is COCC(=O)Nc1ccc(-c2ccc3ncc4c(c3c2)n(-c2cccnc2OC)c(=O)n4C)cn1. The van der Waals surface area contributed by atoms with E-state index in [0.29, 0.717) is 28.4 Å². The molecule has 10 nitrogen and oxygen atoms in total. The fourth-order valence-electron chi connectivity index (χ4n) is 4.06. The zero-order chi connectivity index (χ0) is 24.5. The first kappa shape index (κ1) is 22.2. The van der Waals surface area contributed by atoms with Crippen molar-refractivity contribution in [3.8, 4) is 22.7 Å².